The number of benzene rings is 3. The van der Waals surface area contributed by atoms with Crippen molar-refractivity contribution >= 4 is 43.8 Å². The molecule has 0 fully saturated rings. The van der Waals surface area contributed by atoms with Gasteiger partial charge in [0.15, 0.2) is 21.0 Å². The van der Waals surface area contributed by atoms with Gasteiger partial charge in [-0.05, 0) is 62.8 Å². The van der Waals surface area contributed by atoms with E-state index in [-0.39, 0.29) is 35.3 Å². The summed E-state index contributed by atoms with van der Waals surface area (Å²) in [7, 11) is 0. The molecule has 2 atom stereocenters. The molecule has 3 aromatic carbocycles. The topological polar surface area (TPSA) is 119 Å². The van der Waals surface area contributed by atoms with Crippen molar-refractivity contribution < 1.29 is 9.59 Å². The number of carbonyl (C=O) groups excluding carboxylic acids is 2. The summed E-state index contributed by atoms with van der Waals surface area (Å²) in [5.74, 6) is -0.651. The molecule has 2 unspecified atom stereocenters. The molecule has 0 radical (unpaired) electrons. The van der Waals surface area contributed by atoms with Crippen molar-refractivity contribution in [2.45, 2.75) is 51.6 Å². The van der Waals surface area contributed by atoms with Crippen molar-refractivity contribution in [1.29, 1.82) is 0 Å². The van der Waals surface area contributed by atoms with Crippen LogP contribution in [0, 0.1) is 0 Å². The zero-order valence-electron chi connectivity index (χ0n) is 24.0. The minimum absolute atomic E-state index is 0.0842. The van der Waals surface area contributed by atoms with Gasteiger partial charge in [-0.15, -0.1) is 10.2 Å². The third-order valence-electron chi connectivity index (χ3n) is 7.39. The number of aromatic nitrogens is 6. The van der Waals surface area contributed by atoms with Gasteiger partial charge in [0.1, 0.15) is 0 Å². The van der Waals surface area contributed by atoms with E-state index in [2.05, 4.69) is 55.5 Å². The van der Waals surface area contributed by atoms with Gasteiger partial charge in [0.2, 0.25) is 0 Å². The van der Waals surface area contributed by atoms with E-state index in [1.54, 1.807) is 9.03 Å². The molecule has 2 N–H and O–H groups in total. The fourth-order valence-corrected chi connectivity index (χ4v) is 6.11. The first kappa shape index (κ1) is 28.2. The number of para-hydroxylation sites is 2. The maximum absolute atomic E-state index is 13.5. The predicted octanol–water partition coefficient (Wildman–Crippen LogP) is 5.05. The Morgan fingerprint density at radius 2 is 1.05 bits per heavy atom. The Morgan fingerprint density at radius 3 is 1.47 bits per heavy atom. The van der Waals surface area contributed by atoms with Crippen LogP contribution in [0.5, 0.6) is 0 Å². The van der Waals surface area contributed by atoms with E-state index in [4.69, 9.17) is 0 Å². The van der Waals surface area contributed by atoms with Crippen LogP contribution in [-0.2, 0) is 12.8 Å². The number of hydrogen-bond donors (Lipinski definition) is 2. The van der Waals surface area contributed by atoms with Gasteiger partial charge in [-0.1, -0.05) is 94.6 Å². The van der Waals surface area contributed by atoms with E-state index in [1.807, 2.05) is 74.5 Å². The highest BCUT2D eigenvalue weighted by Crippen LogP contribution is 2.26. The van der Waals surface area contributed by atoms with Gasteiger partial charge in [0, 0.05) is 12.1 Å². The molecule has 2 amide bonds. The molecule has 10 nitrogen and oxygen atoms in total. The number of rotatable bonds is 10. The van der Waals surface area contributed by atoms with Crippen LogP contribution >= 0.6 is 11.3 Å². The summed E-state index contributed by atoms with van der Waals surface area (Å²) < 4.78 is 3.25. The molecule has 11 heteroatoms. The highest BCUT2D eigenvalue weighted by atomic mass is 32.1. The van der Waals surface area contributed by atoms with E-state index >= 15 is 0 Å². The maximum Gasteiger partial charge on any atom is 0.275 e. The van der Waals surface area contributed by atoms with Crippen LogP contribution in [0.15, 0.2) is 84.9 Å². The first-order chi connectivity index (χ1) is 21.0. The van der Waals surface area contributed by atoms with Gasteiger partial charge >= 0.3 is 0 Å². The van der Waals surface area contributed by atoms with Crippen LogP contribution in [0.1, 0.15) is 58.8 Å². The summed E-state index contributed by atoms with van der Waals surface area (Å²) in [4.78, 5) is 27.9. The summed E-state index contributed by atoms with van der Waals surface area (Å²) in [6.45, 7) is 3.96. The lowest BCUT2D eigenvalue weighted by Crippen LogP contribution is -2.33. The van der Waals surface area contributed by atoms with Crippen LogP contribution < -0.4 is 10.6 Å². The molecule has 0 aliphatic rings. The third kappa shape index (κ3) is 6.17. The fourth-order valence-electron chi connectivity index (χ4n) is 5.03. The van der Waals surface area contributed by atoms with Crippen LogP contribution in [-0.4, -0.2) is 53.6 Å². The third-order valence-corrected chi connectivity index (χ3v) is 8.51. The second kappa shape index (κ2) is 12.5. The van der Waals surface area contributed by atoms with Crippen molar-refractivity contribution in [2.24, 2.45) is 0 Å². The second-order valence-electron chi connectivity index (χ2n) is 10.7. The minimum atomic E-state index is -0.326. The lowest BCUT2D eigenvalue weighted by Gasteiger charge is -2.13. The molecule has 0 saturated heterocycles. The molecule has 0 aliphatic carbocycles. The summed E-state index contributed by atoms with van der Waals surface area (Å²) in [6.07, 6.45) is 3.24. The van der Waals surface area contributed by atoms with Crippen molar-refractivity contribution in [3.05, 3.63) is 107 Å². The summed E-state index contributed by atoms with van der Waals surface area (Å²) in [5, 5.41) is 23.4. The summed E-state index contributed by atoms with van der Waals surface area (Å²) in [6, 6.07) is 27.7. The number of nitrogens with one attached hydrogen (secondary N) is 2. The molecular formula is C32H32N8O2S. The Labute approximate surface area is 252 Å². The van der Waals surface area contributed by atoms with Crippen molar-refractivity contribution in [3.8, 4) is 0 Å². The van der Waals surface area contributed by atoms with Crippen molar-refractivity contribution in [2.75, 3.05) is 0 Å². The standard InChI is InChI=1S/C32H32N8O2S/c1-21(17-19-23-11-5-3-6-12-23)33-29(41)27-31-39(37-35-27)25-15-9-10-16-26(25)40-32(43-31)28(36-38-40)30(42)34-22(2)18-20-24-13-7-4-8-14-24/h3-16,21-22H,17-20H2,1-2H3,(H,33,41)(H,34,42). The van der Waals surface area contributed by atoms with E-state index in [1.165, 1.54) is 22.5 Å². The monoisotopic (exact) mass is 592 g/mol. The number of nitrogens with zero attached hydrogens (tertiary/aromatic N) is 6. The SMILES string of the molecule is CC(CCc1ccccc1)NC(=O)c1nnn2c1sc1c(C(=O)NC(C)CCc3ccccc3)nnn1c1ccccc12. The van der Waals surface area contributed by atoms with Gasteiger partial charge < -0.3 is 10.6 Å². The molecule has 3 aromatic heterocycles. The first-order valence-corrected chi connectivity index (χ1v) is 15.2. The Kier molecular flexibility index (Phi) is 8.23. The van der Waals surface area contributed by atoms with Crippen LogP contribution in [0.2, 0.25) is 0 Å². The average molecular weight is 593 g/mol. The van der Waals surface area contributed by atoms with E-state index < -0.39 is 0 Å². The van der Waals surface area contributed by atoms with Crippen LogP contribution in [0.4, 0.5) is 0 Å². The molecule has 0 spiro atoms. The summed E-state index contributed by atoms with van der Waals surface area (Å²) in [5.41, 5.74) is 4.16. The Balaban J connectivity index is 1.30. The van der Waals surface area contributed by atoms with Gasteiger partial charge in [-0.25, -0.2) is 9.03 Å². The zero-order valence-corrected chi connectivity index (χ0v) is 24.8. The Bertz CT molecular complexity index is 1780. The molecule has 218 valence electrons. The van der Waals surface area contributed by atoms with Gasteiger partial charge in [-0.2, -0.15) is 0 Å². The van der Waals surface area contributed by atoms with Gasteiger partial charge in [-0.3, -0.25) is 9.59 Å². The van der Waals surface area contributed by atoms with E-state index in [0.29, 0.717) is 20.7 Å². The summed E-state index contributed by atoms with van der Waals surface area (Å²) >= 11 is 1.21. The Morgan fingerprint density at radius 1 is 0.651 bits per heavy atom. The quantitative estimate of drug-likeness (QED) is 0.230. The van der Waals surface area contributed by atoms with Gasteiger partial charge in [0.05, 0.1) is 11.0 Å². The fraction of sp³-hybridized carbons (Fsp3) is 0.250. The molecule has 0 bridgehead atoms. The predicted molar refractivity (Wildman–Crippen MR) is 167 cm³/mol. The second-order valence-corrected chi connectivity index (χ2v) is 11.7. The smallest absolute Gasteiger partial charge is 0.275 e. The molecule has 43 heavy (non-hydrogen) atoms. The minimum Gasteiger partial charge on any atom is -0.348 e. The van der Waals surface area contributed by atoms with Crippen molar-refractivity contribution in [1.82, 2.24) is 40.3 Å². The van der Waals surface area contributed by atoms with Crippen LogP contribution in [0.25, 0.3) is 20.7 Å². The van der Waals surface area contributed by atoms with Crippen LogP contribution in [0.3, 0.4) is 0 Å². The largest absolute Gasteiger partial charge is 0.348 e. The average Bonchev–Trinajstić information content (AvgIpc) is 3.62. The lowest BCUT2D eigenvalue weighted by atomic mass is 10.1. The molecule has 0 aliphatic heterocycles. The molecule has 6 rings (SSSR count). The van der Waals surface area contributed by atoms with E-state index in [0.717, 1.165) is 25.7 Å². The lowest BCUT2D eigenvalue weighted by molar-refractivity contribution is 0.0926. The number of aryl methyl sites for hydroxylation is 2. The number of hydrogen-bond acceptors (Lipinski definition) is 7. The first-order valence-electron chi connectivity index (χ1n) is 14.4. The maximum atomic E-state index is 13.5. The number of fused-ring (bicyclic) bond motifs is 5. The normalized spacial score (nSPS) is 12.8. The highest BCUT2D eigenvalue weighted by Gasteiger charge is 2.23. The zero-order chi connectivity index (χ0) is 29.8. The Hall–Kier alpha value is -4.90. The van der Waals surface area contributed by atoms with Gasteiger partial charge in [0.25, 0.3) is 11.8 Å². The highest BCUT2D eigenvalue weighted by molar-refractivity contribution is 7.22. The molecule has 3 heterocycles. The van der Waals surface area contributed by atoms with E-state index in [9.17, 15) is 9.59 Å². The van der Waals surface area contributed by atoms with Crippen molar-refractivity contribution in [3.63, 3.8) is 0 Å². The molecule has 0 saturated carbocycles. The molecular weight excluding hydrogens is 560 g/mol. The molecule has 6 aromatic rings. The number of amides is 2. The number of carbonyl (C=O) groups is 2.